The van der Waals surface area contributed by atoms with E-state index in [-0.39, 0.29) is 17.7 Å². The molecule has 8 heteroatoms. The third kappa shape index (κ3) is 4.90. The van der Waals surface area contributed by atoms with Crippen LogP contribution in [-0.2, 0) is 21.4 Å². The van der Waals surface area contributed by atoms with Crippen LogP contribution in [0.1, 0.15) is 25.3 Å². The number of carbonyl (C=O) groups excluding carboxylic acids is 1. The van der Waals surface area contributed by atoms with Gasteiger partial charge in [0.15, 0.2) is 0 Å². The fraction of sp³-hybridized carbons (Fsp3) is 0.421. The molecule has 1 aromatic carbocycles. The van der Waals surface area contributed by atoms with Gasteiger partial charge in [-0.3, -0.25) is 4.79 Å². The number of nitrogens with zero attached hydrogens (tertiary/aromatic N) is 1. The minimum atomic E-state index is -3.40. The molecule has 2 heterocycles. The molecule has 5 nitrogen and oxygen atoms in total. The first kappa shape index (κ1) is 20.3. The van der Waals surface area contributed by atoms with Gasteiger partial charge in [0.25, 0.3) is 10.0 Å². The molecule has 1 atom stereocenters. The molecule has 1 aliphatic heterocycles. The van der Waals surface area contributed by atoms with E-state index in [1.165, 1.54) is 15.6 Å². The molecule has 1 fully saturated rings. The van der Waals surface area contributed by atoms with Crippen molar-refractivity contribution in [3.05, 3.63) is 52.4 Å². The fourth-order valence-corrected chi connectivity index (χ4v) is 6.06. The van der Waals surface area contributed by atoms with Gasteiger partial charge in [-0.25, -0.2) is 8.42 Å². The summed E-state index contributed by atoms with van der Waals surface area (Å²) in [5.74, 6) is 0.0402. The second-order valence-corrected chi connectivity index (χ2v) is 10.4. The first-order chi connectivity index (χ1) is 12.9. The van der Waals surface area contributed by atoms with Gasteiger partial charge in [-0.05, 0) is 47.9 Å². The molecule has 1 aliphatic rings. The Hall–Kier alpha value is -1.41. The molecule has 146 valence electrons. The largest absolute Gasteiger partial charge is 0.352 e. The Labute approximate surface area is 169 Å². The number of rotatable bonds is 6. The highest BCUT2D eigenvalue weighted by molar-refractivity contribution is 7.91. The lowest BCUT2D eigenvalue weighted by Gasteiger charge is -2.33. The quantitative estimate of drug-likeness (QED) is 0.764. The van der Waals surface area contributed by atoms with Gasteiger partial charge in [-0.2, -0.15) is 4.31 Å². The van der Waals surface area contributed by atoms with Crippen molar-refractivity contribution in [2.45, 2.75) is 30.5 Å². The average molecular weight is 427 g/mol. The highest BCUT2D eigenvalue weighted by Gasteiger charge is 2.33. The number of amides is 1. The van der Waals surface area contributed by atoms with Crippen molar-refractivity contribution in [3.63, 3.8) is 0 Å². The molecule has 27 heavy (non-hydrogen) atoms. The number of hydrogen-bond donors (Lipinski definition) is 1. The molecular weight excluding hydrogens is 404 g/mol. The lowest BCUT2D eigenvalue weighted by Crippen LogP contribution is -2.42. The van der Waals surface area contributed by atoms with Crippen LogP contribution < -0.4 is 5.32 Å². The molecular formula is C19H23ClN2O3S2. The highest BCUT2D eigenvalue weighted by Crippen LogP contribution is 2.30. The Balaban J connectivity index is 1.51. The lowest BCUT2D eigenvalue weighted by atomic mass is 9.85. The Morgan fingerprint density at radius 3 is 2.52 bits per heavy atom. The van der Waals surface area contributed by atoms with E-state index >= 15 is 0 Å². The Morgan fingerprint density at radius 2 is 1.93 bits per heavy atom. The van der Waals surface area contributed by atoms with E-state index in [0.717, 1.165) is 5.56 Å². The standard InChI is InChI=1S/C19H23ClN2O3S2/c1-14(19(23)21-13-15-4-6-17(20)7-5-15)16-8-10-22(11-9-16)27(24,25)18-3-2-12-26-18/h2-7,12,14,16H,8-11,13H2,1H3,(H,21,23). The monoisotopic (exact) mass is 426 g/mol. The molecule has 2 aromatic rings. The predicted octanol–water partition coefficient (Wildman–Crippen LogP) is 3.75. The zero-order valence-electron chi connectivity index (χ0n) is 15.1. The number of thiophene rings is 1. The van der Waals surface area contributed by atoms with Crippen LogP contribution in [0.25, 0.3) is 0 Å². The van der Waals surface area contributed by atoms with Gasteiger partial charge < -0.3 is 5.32 Å². The highest BCUT2D eigenvalue weighted by atomic mass is 35.5. The number of piperidine rings is 1. The predicted molar refractivity (Wildman–Crippen MR) is 108 cm³/mol. The first-order valence-corrected chi connectivity index (χ1v) is 11.6. The second kappa shape index (κ2) is 8.73. The number of benzene rings is 1. The number of halogens is 1. The van der Waals surface area contributed by atoms with Crippen LogP contribution in [0.4, 0.5) is 0 Å². The number of carbonyl (C=O) groups is 1. The summed E-state index contributed by atoms with van der Waals surface area (Å²) in [5.41, 5.74) is 0.997. The summed E-state index contributed by atoms with van der Waals surface area (Å²) in [7, 11) is -3.40. The molecule has 1 saturated heterocycles. The first-order valence-electron chi connectivity index (χ1n) is 8.94. The van der Waals surface area contributed by atoms with Crippen molar-refractivity contribution < 1.29 is 13.2 Å². The molecule has 1 amide bonds. The number of sulfonamides is 1. The zero-order chi connectivity index (χ0) is 19.4. The second-order valence-electron chi connectivity index (χ2n) is 6.81. The van der Waals surface area contributed by atoms with Crippen molar-refractivity contribution >= 4 is 38.9 Å². The van der Waals surface area contributed by atoms with Crippen LogP contribution in [0.3, 0.4) is 0 Å². The van der Waals surface area contributed by atoms with Crippen LogP contribution in [0.15, 0.2) is 46.0 Å². The summed E-state index contributed by atoms with van der Waals surface area (Å²) in [6, 6.07) is 10.8. The smallest absolute Gasteiger partial charge is 0.252 e. The number of hydrogen-bond acceptors (Lipinski definition) is 4. The van der Waals surface area contributed by atoms with E-state index in [2.05, 4.69) is 5.32 Å². The molecule has 3 rings (SSSR count). The van der Waals surface area contributed by atoms with Gasteiger partial charge in [0, 0.05) is 30.6 Å². The maximum atomic E-state index is 12.6. The van der Waals surface area contributed by atoms with Crippen molar-refractivity contribution in [1.29, 1.82) is 0 Å². The Bertz CT molecular complexity index is 859. The third-order valence-electron chi connectivity index (χ3n) is 5.09. The summed E-state index contributed by atoms with van der Waals surface area (Å²) in [6.07, 6.45) is 1.39. The normalized spacial score (nSPS) is 17.6. The summed E-state index contributed by atoms with van der Waals surface area (Å²) >= 11 is 7.11. The van der Waals surface area contributed by atoms with Crippen LogP contribution in [-0.4, -0.2) is 31.7 Å². The van der Waals surface area contributed by atoms with E-state index < -0.39 is 10.0 Å². The Morgan fingerprint density at radius 1 is 1.26 bits per heavy atom. The average Bonchev–Trinajstić information content (AvgIpc) is 3.22. The zero-order valence-corrected chi connectivity index (χ0v) is 17.5. The molecule has 0 bridgehead atoms. The number of nitrogens with one attached hydrogen (secondary N) is 1. The van der Waals surface area contributed by atoms with Crippen LogP contribution in [0.2, 0.25) is 5.02 Å². The molecule has 0 radical (unpaired) electrons. The van der Waals surface area contributed by atoms with Crippen molar-refractivity contribution in [1.82, 2.24) is 9.62 Å². The molecule has 0 spiro atoms. The van der Waals surface area contributed by atoms with Gasteiger partial charge in [0.05, 0.1) is 0 Å². The topological polar surface area (TPSA) is 66.5 Å². The van der Waals surface area contributed by atoms with E-state index in [1.807, 2.05) is 19.1 Å². The van der Waals surface area contributed by atoms with Gasteiger partial charge >= 0.3 is 0 Å². The van der Waals surface area contributed by atoms with Crippen molar-refractivity contribution in [2.24, 2.45) is 11.8 Å². The van der Waals surface area contributed by atoms with Gasteiger partial charge in [-0.15, -0.1) is 11.3 Å². The summed E-state index contributed by atoms with van der Waals surface area (Å²) in [5, 5.41) is 5.41. The molecule has 1 unspecified atom stereocenters. The maximum absolute atomic E-state index is 12.6. The molecule has 0 aliphatic carbocycles. The lowest BCUT2D eigenvalue weighted by molar-refractivity contribution is -0.126. The summed E-state index contributed by atoms with van der Waals surface area (Å²) < 4.78 is 27.1. The van der Waals surface area contributed by atoms with Gasteiger partial charge in [0.1, 0.15) is 4.21 Å². The van der Waals surface area contributed by atoms with E-state index in [1.54, 1.807) is 29.6 Å². The molecule has 1 N–H and O–H groups in total. The Kier molecular flexibility index (Phi) is 6.57. The third-order valence-corrected chi connectivity index (χ3v) is 8.61. The summed E-state index contributed by atoms with van der Waals surface area (Å²) in [4.78, 5) is 12.5. The van der Waals surface area contributed by atoms with Crippen LogP contribution in [0, 0.1) is 11.8 Å². The fourth-order valence-electron chi connectivity index (χ4n) is 3.32. The summed E-state index contributed by atoms with van der Waals surface area (Å²) in [6.45, 7) is 3.30. The molecule has 0 saturated carbocycles. The maximum Gasteiger partial charge on any atom is 0.252 e. The van der Waals surface area contributed by atoms with E-state index in [0.29, 0.717) is 41.7 Å². The van der Waals surface area contributed by atoms with Crippen LogP contribution in [0.5, 0.6) is 0 Å². The minimum absolute atomic E-state index is 0.00418. The van der Waals surface area contributed by atoms with Crippen LogP contribution >= 0.6 is 22.9 Å². The van der Waals surface area contributed by atoms with Crippen molar-refractivity contribution in [3.8, 4) is 0 Å². The minimum Gasteiger partial charge on any atom is -0.352 e. The SMILES string of the molecule is CC(C(=O)NCc1ccc(Cl)cc1)C1CCN(S(=O)(=O)c2cccs2)CC1. The van der Waals surface area contributed by atoms with E-state index in [4.69, 9.17) is 11.6 Å². The van der Waals surface area contributed by atoms with E-state index in [9.17, 15) is 13.2 Å². The van der Waals surface area contributed by atoms with Gasteiger partial charge in [0.2, 0.25) is 5.91 Å². The molecule has 1 aromatic heterocycles. The van der Waals surface area contributed by atoms with Crippen molar-refractivity contribution in [2.75, 3.05) is 13.1 Å². The van der Waals surface area contributed by atoms with Gasteiger partial charge in [-0.1, -0.05) is 36.7 Å².